The highest BCUT2D eigenvalue weighted by atomic mass is 16.1. The Kier molecular flexibility index (Phi) is 4.51. The zero-order valence-electron chi connectivity index (χ0n) is 8.78. The van der Waals surface area contributed by atoms with E-state index in [0.29, 0.717) is 12.8 Å². The summed E-state index contributed by atoms with van der Waals surface area (Å²) in [5.74, 6) is -0.0130. The van der Waals surface area contributed by atoms with Crippen molar-refractivity contribution in [2.24, 2.45) is 11.5 Å². The molecule has 0 aromatic carbocycles. The third kappa shape index (κ3) is 3.49. The van der Waals surface area contributed by atoms with Crippen LogP contribution in [-0.4, -0.2) is 48.9 Å². The van der Waals surface area contributed by atoms with Crippen molar-refractivity contribution in [2.75, 3.05) is 19.6 Å². The normalized spacial score (nSPS) is 23.1. The van der Waals surface area contributed by atoms with Gasteiger partial charge in [0, 0.05) is 19.1 Å². The molecule has 1 heterocycles. The van der Waals surface area contributed by atoms with Gasteiger partial charge in [-0.15, -0.1) is 0 Å². The first-order chi connectivity index (χ1) is 7.15. The van der Waals surface area contributed by atoms with E-state index in [2.05, 4.69) is 5.32 Å². The van der Waals surface area contributed by atoms with E-state index in [1.807, 2.05) is 0 Å². The standard InChI is InChI=1S/C9H19N5O/c10-7(6-15)5-14(9(11)12)8-2-1-3-13-4-8/h6-8,13H,1-5,10H2,(H3,11,12)/t7-,8?/m0/s1. The van der Waals surface area contributed by atoms with E-state index in [4.69, 9.17) is 16.9 Å². The molecule has 1 fully saturated rings. The maximum atomic E-state index is 10.5. The first kappa shape index (κ1) is 11.9. The molecule has 0 aromatic rings. The Morgan fingerprint density at radius 1 is 1.73 bits per heavy atom. The van der Waals surface area contributed by atoms with E-state index in [-0.39, 0.29) is 12.0 Å². The van der Waals surface area contributed by atoms with Gasteiger partial charge in [-0.05, 0) is 19.4 Å². The topological polar surface area (TPSA) is 108 Å². The number of nitrogens with two attached hydrogens (primary N) is 2. The fourth-order valence-corrected chi connectivity index (χ4v) is 1.81. The Hall–Kier alpha value is -1.14. The van der Waals surface area contributed by atoms with Crippen LogP contribution >= 0.6 is 0 Å². The molecule has 2 atom stereocenters. The molecule has 1 aliphatic rings. The predicted octanol–water partition coefficient (Wildman–Crippen LogP) is -1.54. The van der Waals surface area contributed by atoms with E-state index in [1.165, 1.54) is 0 Å². The summed E-state index contributed by atoms with van der Waals surface area (Å²) in [5.41, 5.74) is 11.0. The van der Waals surface area contributed by atoms with Crippen molar-refractivity contribution < 1.29 is 4.79 Å². The van der Waals surface area contributed by atoms with Gasteiger partial charge in [-0.3, -0.25) is 5.41 Å². The molecule has 1 unspecified atom stereocenters. The van der Waals surface area contributed by atoms with Crippen LogP contribution in [0.1, 0.15) is 12.8 Å². The highest BCUT2D eigenvalue weighted by Crippen LogP contribution is 2.09. The maximum Gasteiger partial charge on any atom is 0.188 e. The molecule has 0 amide bonds. The summed E-state index contributed by atoms with van der Waals surface area (Å²) in [6.07, 6.45) is 2.73. The molecule has 0 aliphatic carbocycles. The molecule has 0 aromatic heterocycles. The zero-order valence-corrected chi connectivity index (χ0v) is 8.78. The van der Waals surface area contributed by atoms with Gasteiger partial charge in [0.15, 0.2) is 5.96 Å². The lowest BCUT2D eigenvalue weighted by Crippen LogP contribution is -2.54. The number of rotatable bonds is 4. The lowest BCUT2D eigenvalue weighted by atomic mass is 10.1. The van der Waals surface area contributed by atoms with Gasteiger partial charge in [-0.1, -0.05) is 0 Å². The zero-order chi connectivity index (χ0) is 11.3. The number of carbonyl (C=O) groups is 1. The SMILES string of the molecule is N=C(N)N(C[C@H](N)C=O)C1CCCNC1. The van der Waals surface area contributed by atoms with Gasteiger partial charge in [-0.2, -0.15) is 0 Å². The number of hydrogen-bond acceptors (Lipinski definition) is 4. The molecule has 0 spiro atoms. The van der Waals surface area contributed by atoms with Crippen molar-refractivity contribution in [3.8, 4) is 0 Å². The molecule has 1 saturated heterocycles. The molecule has 0 bridgehead atoms. The van der Waals surface area contributed by atoms with Crippen molar-refractivity contribution in [3.05, 3.63) is 0 Å². The molecule has 1 rings (SSSR count). The molecule has 0 saturated carbocycles. The van der Waals surface area contributed by atoms with Crippen LogP contribution in [0.15, 0.2) is 0 Å². The third-order valence-corrected chi connectivity index (χ3v) is 2.60. The first-order valence-electron chi connectivity index (χ1n) is 5.17. The molecular weight excluding hydrogens is 194 g/mol. The lowest BCUT2D eigenvalue weighted by molar-refractivity contribution is -0.109. The number of hydrogen-bond donors (Lipinski definition) is 4. The minimum absolute atomic E-state index is 0.0130. The van der Waals surface area contributed by atoms with E-state index in [9.17, 15) is 4.79 Å². The number of nitrogens with one attached hydrogen (secondary N) is 2. The Morgan fingerprint density at radius 3 is 2.93 bits per heavy atom. The van der Waals surface area contributed by atoms with Gasteiger partial charge in [0.1, 0.15) is 6.29 Å². The van der Waals surface area contributed by atoms with Crippen LogP contribution in [0, 0.1) is 5.41 Å². The number of guanidine groups is 1. The van der Waals surface area contributed by atoms with Crippen LogP contribution in [0.5, 0.6) is 0 Å². The number of aldehydes is 1. The molecule has 6 heteroatoms. The van der Waals surface area contributed by atoms with Crippen molar-refractivity contribution in [2.45, 2.75) is 24.9 Å². The summed E-state index contributed by atoms with van der Waals surface area (Å²) in [4.78, 5) is 12.2. The van der Waals surface area contributed by atoms with Crippen LogP contribution in [0.2, 0.25) is 0 Å². The smallest absolute Gasteiger partial charge is 0.188 e. The maximum absolute atomic E-state index is 10.5. The molecule has 6 nitrogen and oxygen atoms in total. The van der Waals surface area contributed by atoms with Crippen LogP contribution in [0.3, 0.4) is 0 Å². The summed E-state index contributed by atoms with van der Waals surface area (Å²) >= 11 is 0. The Balaban J connectivity index is 2.55. The second kappa shape index (κ2) is 5.67. The van der Waals surface area contributed by atoms with Gasteiger partial charge in [0.2, 0.25) is 0 Å². The lowest BCUT2D eigenvalue weighted by Gasteiger charge is -2.35. The van der Waals surface area contributed by atoms with Crippen LogP contribution < -0.4 is 16.8 Å². The summed E-state index contributed by atoms with van der Waals surface area (Å²) < 4.78 is 0. The minimum atomic E-state index is -0.573. The van der Waals surface area contributed by atoms with Gasteiger partial charge < -0.3 is 26.5 Å². The summed E-state index contributed by atoms with van der Waals surface area (Å²) in [6, 6.07) is -0.391. The number of piperidine rings is 1. The van der Waals surface area contributed by atoms with Crippen LogP contribution in [0.4, 0.5) is 0 Å². The average molecular weight is 213 g/mol. The third-order valence-electron chi connectivity index (χ3n) is 2.60. The summed E-state index contributed by atoms with van der Waals surface area (Å²) in [5, 5.41) is 10.7. The quantitative estimate of drug-likeness (QED) is 0.257. The number of nitrogens with zero attached hydrogens (tertiary/aromatic N) is 1. The highest BCUT2D eigenvalue weighted by Gasteiger charge is 2.23. The molecule has 86 valence electrons. The van der Waals surface area contributed by atoms with Gasteiger partial charge in [0.25, 0.3) is 0 Å². The van der Waals surface area contributed by atoms with E-state index in [1.54, 1.807) is 4.90 Å². The summed E-state index contributed by atoms with van der Waals surface area (Å²) in [7, 11) is 0. The average Bonchev–Trinajstić information content (AvgIpc) is 2.26. The van der Waals surface area contributed by atoms with Crippen LogP contribution in [0.25, 0.3) is 0 Å². The molecular formula is C9H19N5O. The molecule has 15 heavy (non-hydrogen) atoms. The largest absolute Gasteiger partial charge is 0.370 e. The highest BCUT2D eigenvalue weighted by molar-refractivity contribution is 5.75. The fourth-order valence-electron chi connectivity index (χ4n) is 1.81. The second-order valence-corrected chi connectivity index (χ2v) is 3.84. The summed E-state index contributed by atoms with van der Waals surface area (Å²) in [6.45, 7) is 2.12. The first-order valence-corrected chi connectivity index (χ1v) is 5.17. The predicted molar refractivity (Wildman–Crippen MR) is 58.6 cm³/mol. The van der Waals surface area contributed by atoms with Gasteiger partial charge >= 0.3 is 0 Å². The Labute approximate surface area is 89.5 Å². The van der Waals surface area contributed by atoms with Crippen molar-refractivity contribution in [1.82, 2.24) is 10.2 Å². The molecule has 6 N–H and O–H groups in total. The molecule has 1 aliphatic heterocycles. The van der Waals surface area contributed by atoms with Crippen LogP contribution in [-0.2, 0) is 4.79 Å². The molecule has 0 radical (unpaired) electrons. The van der Waals surface area contributed by atoms with Crippen molar-refractivity contribution >= 4 is 12.2 Å². The fraction of sp³-hybridized carbons (Fsp3) is 0.778. The van der Waals surface area contributed by atoms with Gasteiger partial charge in [0.05, 0.1) is 6.04 Å². The van der Waals surface area contributed by atoms with Crippen molar-refractivity contribution in [3.63, 3.8) is 0 Å². The Morgan fingerprint density at radius 2 is 2.47 bits per heavy atom. The Bertz CT molecular complexity index is 227. The van der Waals surface area contributed by atoms with Gasteiger partial charge in [-0.25, -0.2) is 0 Å². The van der Waals surface area contributed by atoms with E-state index >= 15 is 0 Å². The minimum Gasteiger partial charge on any atom is -0.370 e. The van der Waals surface area contributed by atoms with E-state index < -0.39 is 6.04 Å². The van der Waals surface area contributed by atoms with E-state index in [0.717, 1.165) is 25.9 Å². The van der Waals surface area contributed by atoms with Crippen molar-refractivity contribution in [1.29, 1.82) is 5.41 Å². The second-order valence-electron chi connectivity index (χ2n) is 3.84. The monoisotopic (exact) mass is 213 g/mol. The number of carbonyl (C=O) groups excluding carboxylic acids is 1.